The van der Waals surface area contributed by atoms with Crippen LogP contribution in [0.3, 0.4) is 0 Å². The number of aryl methyl sites for hydroxylation is 1. The first-order chi connectivity index (χ1) is 15.3. The number of likely N-dealkylation sites (tertiary alicyclic amines) is 1. The predicted molar refractivity (Wildman–Crippen MR) is 125 cm³/mol. The summed E-state index contributed by atoms with van der Waals surface area (Å²) in [6.07, 6.45) is 5.05. The molecule has 0 amide bonds. The van der Waals surface area contributed by atoms with Crippen LogP contribution >= 0.6 is 0 Å². The van der Waals surface area contributed by atoms with Crippen molar-refractivity contribution in [3.63, 3.8) is 0 Å². The first-order valence-electron chi connectivity index (χ1n) is 11.0. The summed E-state index contributed by atoms with van der Waals surface area (Å²) in [6.45, 7) is 5.59. The Labute approximate surface area is 189 Å². The van der Waals surface area contributed by atoms with E-state index in [0.717, 1.165) is 26.1 Å². The molecule has 32 heavy (non-hydrogen) atoms. The quantitative estimate of drug-likeness (QED) is 0.398. The Morgan fingerprint density at radius 2 is 1.78 bits per heavy atom. The first-order valence-corrected chi connectivity index (χ1v) is 12.5. The van der Waals surface area contributed by atoms with Crippen molar-refractivity contribution in [1.29, 1.82) is 0 Å². The molecule has 1 fully saturated rings. The third-order valence-corrected chi connectivity index (χ3v) is 7.12. The summed E-state index contributed by atoms with van der Waals surface area (Å²) in [5.74, 6) is -1.83. The highest BCUT2D eigenvalue weighted by Gasteiger charge is 2.24. The van der Waals surface area contributed by atoms with Crippen molar-refractivity contribution in [2.75, 3.05) is 36.2 Å². The van der Waals surface area contributed by atoms with Gasteiger partial charge in [-0.15, -0.1) is 0 Å². The van der Waals surface area contributed by atoms with Crippen LogP contribution < -0.4 is 10.0 Å². The first kappa shape index (κ1) is 23.9. The number of carbonyl (C=O) groups is 1. The summed E-state index contributed by atoms with van der Waals surface area (Å²) in [5, 5.41) is 23.0. The number of hydrogen-bond donors (Lipinski definition) is 4. The minimum atomic E-state index is -4.09. The Bertz CT molecular complexity index is 1050. The fourth-order valence-electron chi connectivity index (χ4n) is 3.98. The number of hydrogen-bond acceptors (Lipinski definition) is 6. The van der Waals surface area contributed by atoms with Gasteiger partial charge in [0, 0.05) is 6.54 Å². The van der Waals surface area contributed by atoms with Gasteiger partial charge in [-0.3, -0.25) is 4.72 Å². The molecule has 0 radical (unpaired) electrons. The molecule has 2 aromatic rings. The number of anilines is 2. The number of nitrogens with one attached hydrogen (secondary N) is 2. The number of carboxylic acid groups (broad SMARTS) is 1. The number of aromatic hydroxyl groups is 1. The van der Waals surface area contributed by atoms with Gasteiger partial charge in [-0.05, 0) is 69.1 Å². The standard InChI is InChI=1S/C23H31N3O5S/c1-2-17-11-12-19(21(22(17)27)23(28)29)25-32(30,31)20-10-5-4-9-18(20)24-13-8-16-26-14-6-3-7-15-26/h4-5,9-12,24-25,27H,2-3,6-8,13-16H2,1H3,(H,28,29). The Balaban J connectivity index is 1.75. The molecule has 0 spiro atoms. The van der Waals surface area contributed by atoms with Crippen LogP contribution in [-0.4, -0.2) is 55.7 Å². The number of phenols is 1. The zero-order valence-corrected chi connectivity index (χ0v) is 19.1. The van der Waals surface area contributed by atoms with Gasteiger partial charge < -0.3 is 20.4 Å². The van der Waals surface area contributed by atoms with E-state index in [0.29, 0.717) is 24.2 Å². The summed E-state index contributed by atoms with van der Waals surface area (Å²) in [6, 6.07) is 9.40. The predicted octanol–water partition coefficient (Wildman–Crippen LogP) is 3.74. The molecule has 0 unspecified atom stereocenters. The van der Waals surface area contributed by atoms with Crippen LogP contribution in [0.1, 0.15) is 48.5 Å². The van der Waals surface area contributed by atoms with Crippen molar-refractivity contribution in [3.8, 4) is 5.75 Å². The van der Waals surface area contributed by atoms with E-state index in [1.54, 1.807) is 25.1 Å². The van der Waals surface area contributed by atoms with Gasteiger partial charge >= 0.3 is 5.97 Å². The molecule has 8 nitrogen and oxygen atoms in total. The molecule has 3 rings (SSSR count). The van der Waals surface area contributed by atoms with Gasteiger partial charge in [-0.1, -0.05) is 31.5 Å². The van der Waals surface area contributed by atoms with Gasteiger partial charge in [-0.2, -0.15) is 0 Å². The van der Waals surface area contributed by atoms with Gasteiger partial charge in [-0.25, -0.2) is 13.2 Å². The fraction of sp³-hybridized carbons (Fsp3) is 0.435. The minimum absolute atomic E-state index is 0.0216. The lowest BCUT2D eigenvalue weighted by Crippen LogP contribution is -2.31. The van der Waals surface area contributed by atoms with Crippen LogP contribution in [0.2, 0.25) is 0 Å². The van der Waals surface area contributed by atoms with Crippen LogP contribution in [0.15, 0.2) is 41.3 Å². The largest absolute Gasteiger partial charge is 0.507 e. The van der Waals surface area contributed by atoms with Crippen LogP contribution in [0, 0.1) is 0 Å². The zero-order valence-electron chi connectivity index (χ0n) is 18.3. The van der Waals surface area contributed by atoms with E-state index in [2.05, 4.69) is 14.9 Å². The highest BCUT2D eigenvalue weighted by Crippen LogP contribution is 2.32. The average molecular weight is 462 g/mol. The lowest BCUT2D eigenvalue weighted by Gasteiger charge is -2.26. The number of rotatable bonds is 10. The normalized spacial score (nSPS) is 14.8. The Kier molecular flexibility index (Phi) is 7.98. The van der Waals surface area contributed by atoms with E-state index in [1.165, 1.54) is 37.5 Å². The molecule has 1 aliphatic heterocycles. The molecular formula is C23H31N3O5S. The monoisotopic (exact) mass is 461 g/mol. The van der Waals surface area contributed by atoms with Crippen LogP contribution in [-0.2, 0) is 16.4 Å². The number of carboxylic acids is 1. The summed E-state index contributed by atoms with van der Waals surface area (Å²) in [4.78, 5) is 14.1. The van der Waals surface area contributed by atoms with Crippen molar-refractivity contribution < 1.29 is 23.4 Å². The molecular weight excluding hydrogens is 430 g/mol. The van der Waals surface area contributed by atoms with E-state index in [9.17, 15) is 23.4 Å². The maximum atomic E-state index is 13.1. The topological polar surface area (TPSA) is 119 Å². The van der Waals surface area contributed by atoms with E-state index in [1.807, 2.05) is 0 Å². The minimum Gasteiger partial charge on any atom is -0.507 e. The second kappa shape index (κ2) is 10.7. The lowest BCUT2D eigenvalue weighted by atomic mass is 10.1. The maximum absolute atomic E-state index is 13.1. The molecule has 0 atom stereocenters. The number of para-hydroxylation sites is 1. The molecule has 0 saturated carbocycles. The number of benzene rings is 2. The molecule has 0 aromatic heterocycles. The van der Waals surface area contributed by atoms with Crippen LogP contribution in [0.4, 0.5) is 11.4 Å². The van der Waals surface area contributed by atoms with Gasteiger partial charge in [0.1, 0.15) is 16.2 Å². The fourth-order valence-corrected chi connectivity index (χ4v) is 5.23. The zero-order chi connectivity index (χ0) is 23.1. The highest BCUT2D eigenvalue weighted by molar-refractivity contribution is 7.92. The second-order valence-corrected chi connectivity index (χ2v) is 9.59. The molecule has 0 bridgehead atoms. The third kappa shape index (κ3) is 5.72. The number of piperidine rings is 1. The van der Waals surface area contributed by atoms with Crippen molar-refractivity contribution in [3.05, 3.63) is 47.5 Å². The van der Waals surface area contributed by atoms with Gasteiger partial charge in [0.05, 0.1) is 11.4 Å². The maximum Gasteiger partial charge on any atom is 0.341 e. The van der Waals surface area contributed by atoms with Gasteiger partial charge in [0.2, 0.25) is 0 Å². The van der Waals surface area contributed by atoms with E-state index in [4.69, 9.17) is 0 Å². The smallest absolute Gasteiger partial charge is 0.341 e. The third-order valence-electron chi connectivity index (χ3n) is 5.69. The Morgan fingerprint density at radius 1 is 1.06 bits per heavy atom. The molecule has 1 aliphatic rings. The molecule has 1 heterocycles. The molecule has 174 valence electrons. The van der Waals surface area contributed by atoms with Crippen molar-refractivity contribution in [2.45, 2.75) is 43.9 Å². The summed E-state index contributed by atoms with van der Waals surface area (Å²) in [5.41, 5.74) is 0.248. The van der Waals surface area contributed by atoms with Gasteiger partial charge in [0.25, 0.3) is 10.0 Å². The average Bonchev–Trinajstić information content (AvgIpc) is 2.77. The van der Waals surface area contributed by atoms with E-state index in [-0.39, 0.29) is 10.6 Å². The number of aromatic carboxylic acids is 1. The molecule has 9 heteroatoms. The molecule has 1 saturated heterocycles. The Morgan fingerprint density at radius 3 is 2.47 bits per heavy atom. The van der Waals surface area contributed by atoms with Crippen molar-refractivity contribution >= 4 is 27.4 Å². The second-order valence-electron chi connectivity index (χ2n) is 7.94. The van der Waals surface area contributed by atoms with Crippen LogP contribution in [0.5, 0.6) is 5.75 Å². The SMILES string of the molecule is CCc1ccc(NS(=O)(=O)c2ccccc2NCCCN2CCCCC2)c(C(=O)O)c1O. The highest BCUT2D eigenvalue weighted by atomic mass is 32.2. The molecule has 4 N–H and O–H groups in total. The summed E-state index contributed by atoms with van der Waals surface area (Å²) in [7, 11) is -4.09. The molecule has 0 aliphatic carbocycles. The van der Waals surface area contributed by atoms with Crippen molar-refractivity contribution in [1.82, 2.24) is 4.90 Å². The number of sulfonamides is 1. The van der Waals surface area contributed by atoms with E-state index >= 15 is 0 Å². The summed E-state index contributed by atoms with van der Waals surface area (Å²) < 4.78 is 28.6. The Hall–Kier alpha value is -2.78. The van der Waals surface area contributed by atoms with Crippen molar-refractivity contribution in [2.24, 2.45) is 0 Å². The van der Waals surface area contributed by atoms with E-state index < -0.39 is 27.3 Å². The van der Waals surface area contributed by atoms with Crippen LogP contribution in [0.25, 0.3) is 0 Å². The number of nitrogens with zero attached hydrogens (tertiary/aromatic N) is 1. The van der Waals surface area contributed by atoms with Gasteiger partial charge in [0.15, 0.2) is 0 Å². The summed E-state index contributed by atoms with van der Waals surface area (Å²) >= 11 is 0. The molecule has 2 aromatic carbocycles. The lowest BCUT2D eigenvalue weighted by molar-refractivity contribution is 0.0694.